The summed E-state index contributed by atoms with van der Waals surface area (Å²) in [4.78, 5) is 12.2. The molecule has 0 aliphatic heterocycles. The second kappa shape index (κ2) is 6.01. The third kappa shape index (κ3) is 3.25. The average molecular weight is 306 g/mol. The van der Waals surface area contributed by atoms with E-state index in [0.29, 0.717) is 11.0 Å². The number of aryl methyl sites for hydroxylation is 1. The summed E-state index contributed by atoms with van der Waals surface area (Å²) in [7, 11) is 0. The van der Waals surface area contributed by atoms with Crippen molar-refractivity contribution in [3.8, 4) is 5.75 Å². The van der Waals surface area contributed by atoms with Gasteiger partial charge in [0.2, 0.25) is 6.10 Å². The van der Waals surface area contributed by atoms with Gasteiger partial charge in [0.1, 0.15) is 5.58 Å². The molecule has 5 nitrogen and oxygen atoms in total. The Morgan fingerprint density at radius 3 is 2.59 bits per heavy atom. The summed E-state index contributed by atoms with van der Waals surface area (Å²) in [6, 6.07) is 5.44. The summed E-state index contributed by atoms with van der Waals surface area (Å²) in [6.45, 7) is 9.28. The number of rotatable bonds is 4. The summed E-state index contributed by atoms with van der Waals surface area (Å²) < 4.78 is 16.5. The fourth-order valence-electron chi connectivity index (χ4n) is 2.28. The number of ether oxygens (including phenoxy) is 2. The third-order valence-corrected chi connectivity index (χ3v) is 3.13. The molecule has 0 spiro atoms. The zero-order valence-electron chi connectivity index (χ0n) is 13.6. The van der Waals surface area contributed by atoms with E-state index in [1.807, 2.05) is 39.8 Å². The zero-order chi connectivity index (χ0) is 16.5. The van der Waals surface area contributed by atoms with Crippen molar-refractivity contribution in [3.05, 3.63) is 29.5 Å². The summed E-state index contributed by atoms with van der Waals surface area (Å²) in [5.41, 5.74) is 0.778. The molecule has 0 aliphatic carbocycles. The van der Waals surface area contributed by atoms with Crippen molar-refractivity contribution < 1.29 is 23.8 Å². The second-order valence-electron chi connectivity index (χ2n) is 6.13. The molecule has 1 unspecified atom stereocenters. The Labute approximate surface area is 129 Å². The second-order valence-corrected chi connectivity index (χ2v) is 6.13. The Morgan fingerprint density at radius 1 is 1.36 bits per heavy atom. The summed E-state index contributed by atoms with van der Waals surface area (Å²) >= 11 is 0. The molecule has 0 aliphatic rings. The molecule has 120 valence electrons. The van der Waals surface area contributed by atoms with Gasteiger partial charge < -0.3 is 19.0 Å². The SMILES string of the molecule is CCOC(=O)C(OC(C)(C)C)c1oc2cccc(C)c2c1O. The lowest BCUT2D eigenvalue weighted by Crippen LogP contribution is -2.28. The van der Waals surface area contributed by atoms with E-state index >= 15 is 0 Å². The number of carbonyl (C=O) groups excluding carboxylic acids is 1. The first-order chi connectivity index (χ1) is 10.2. The van der Waals surface area contributed by atoms with Crippen LogP contribution in [0.5, 0.6) is 5.75 Å². The standard InChI is InChI=1S/C17H22O5/c1-6-20-16(19)15(22-17(3,4)5)14-13(18)12-10(2)8-7-9-11(12)21-14/h7-9,15,18H,6H2,1-5H3. The Bertz CT molecular complexity index is 678. The Balaban J connectivity index is 2.54. The van der Waals surface area contributed by atoms with Gasteiger partial charge in [-0.2, -0.15) is 0 Å². The lowest BCUT2D eigenvalue weighted by Gasteiger charge is -2.25. The molecule has 0 saturated heterocycles. The van der Waals surface area contributed by atoms with Crippen LogP contribution in [0.25, 0.3) is 11.0 Å². The minimum atomic E-state index is -1.10. The molecule has 0 fully saturated rings. The fourth-order valence-corrected chi connectivity index (χ4v) is 2.28. The molecule has 0 amide bonds. The van der Waals surface area contributed by atoms with Crippen molar-refractivity contribution in [2.24, 2.45) is 0 Å². The number of aromatic hydroxyl groups is 1. The number of fused-ring (bicyclic) bond motifs is 1. The van der Waals surface area contributed by atoms with Crippen LogP contribution in [0.1, 0.15) is 45.1 Å². The third-order valence-electron chi connectivity index (χ3n) is 3.13. The van der Waals surface area contributed by atoms with Gasteiger partial charge in [-0.3, -0.25) is 0 Å². The van der Waals surface area contributed by atoms with Crippen molar-refractivity contribution in [3.63, 3.8) is 0 Å². The van der Waals surface area contributed by atoms with Gasteiger partial charge in [-0.25, -0.2) is 4.79 Å². The smallest absolute Gasteiger partial charge is 0.343 e. The van der Waals surface area contributed by atoms with Crippen LogP contribution in [0.15, 0.2) is 22.6 Å². The molecule has 0 saturated carbocycles. The normalized spacial score (nSPS) is 13.3. The molecule has 1 aromatic carbocycles. The van der Waals surface area contributed by atoms with Crippen molar-refractivity contribution in [2.75, 3.05) is 6.61 Å². The van der Waals surface area contributed by atoms with E-state index in [2.05, 4.69) is 0 Å². The van der Waals surface area contributed by atoms with Crippen molar-refractivity contribution >= 4 is 16.9 Å². The van der Waals surface area contributed by atoms with Crippen LogP contribution in [-0.2, 0) is 14.3 Å². The highest BCUT2D eigenvalue weighted by molar-refractivity contribution is 5.90. The van der Waals surface area contributed by atoms with Gasteiger partial charge in [-0.05, 0) is 46.2 Å². The predicted molar refractivity (Wildman–Crippen MR) is 82.8 cm³/mol. The van der Waals surface area contributed by atoms with E-state index < -0.39 is 17.7 Å². The lowest BCUT2D eigenvalue weighted by molar-refractivity contribution is -0.168. The minimum absolute atomic E-state index is 0.0737. The molecule has 1 heterocycles. The quantitative estimate of drug-likeness (QED) is 0.868. The monoisotopic (exact) mass is 306 g/mol. The van der Waals surface area contributed by atoms with E-state index in [0.717, 1.165) is 5.56 Å². The Hall–Kier alpha value is -2.01. The molecule has 2 rings (SSSR count). The average Bonchev–Trinajstić information content (AvgIpc) is 2.74. The van der Waals surface area contributed by atoms with Crippen LogP contribution >= 0.6 is 0 Å². The molecular formula is C17H22O5. The van der Waals surface area contributed by atoms with Gasteiger partial charge >= 0.3 is 5.97 Å². The molecule has 1 N–H and O–H groups in total. The van der Waals surface area contributed by atoms with E-state index in [-0.39, 0.29) is 18.1 Å². The van der Waals surface area contributed by atoms with Crippen LogP contribution in [0.4, 0.5) is 0 Å². The van der Waals surface area contributed by atoms with Gasteiger partial charge in [0.15, 0.2) is 11.5 Å². The molecule has 0 bridgehead atoms. The summed E-state index contributed by atoms with van der Waals surface area (Å²) in [6.07, 6.45) is -1.10. The number of esters is 1. The van der Waals surface area contributed by atoms with Gasteiger partial charge in [0.25, 0.3) is 0 Å². The van der Waals surface area contributed by atoms with E-state index in [4.69, 9.17) is 13.9 Å². The Kier molecular flexibility index (Phi) is 4.47. The molecule has 0 radical (unpaired) electrons. The van der Waals surface area contributed by atoms with Gasteiger partial charge in [0.05, 0.1) is 17.6 Å². The topological polar surface area (TPSA) is 68.9 Å². The summed E-state index contributed by atoms with van der Waals surface area (Å²) in [5, 5.41) is 11.1. The van der Waals surface area contributed by atoms with Crippen molar-refractivity contribution in [1.29, 1.82) is 0 Å². The van der Waals surface area contributed by atoms with E-state index in [1.54, 1.807) is 13.0 Å². The Morgan fingerprint density at radius 2 is 2.05 bits per heavy atom. The highest BCUT2D eigenvalue weighted by atomic mass is 16.6. The number of carbonyl (C=O) groups is 1. The molecule has 22 heavy (non-hydrogen) atoms. The fraction of sp³-hybridized carbons (Fsp3) is 0.471. The molecular weight excluding hydrogens is 284 g/mol. The van der Waals surface area contributed by atoms with E-state index in [9.17, 15) is 9.90 Å². The first kappa shape index (κ1) is 16.4. The zero-order valence-corrected chi connectivity index (χ0v) is 13.6. The largest absolute Gasteiger partial charge is 0.504 e. The van der Waals surface area contributed by atoms with Crippen LogP contribution in [0, 0.1) is 6.92 Å². The van der Waals surface area contributed by atoms with Gasteiger partial charge in [0, 0.05) is 0 Å². The molecule has 1 aromatic heterocycles. The maximum atomic E-state index is 12.2. The summed E-state index contributed by atoms with van der Waals surface area (Å²) in [5.74, 6) is -0.572. The van der Waals surface area contributed by atoms with Crippen molar-refractivity contribution in [2.45, 2.75) is 46.3 Å². The van der Waals surface area contributed by atoms with Gasteiger partial charge in [-0.1, -0.05) is 12.1 Å². The number of furan rings is 1. The van der Waals surface area contributed by atoms with Crippen LogP contribution in [0.3, 0.4) is 0 Å². The number of hydrogen-bond acceptors (Lipinski definition) is 5. The van der Waals surface area contributed by atoms with E-state index in [1.165, 1.54) is 0 Å². The van der Waals surface area contributed by atoms with Gasteiger partial charge in [-0.15, -0.1) is 0 Å². The lowest BCUT2D eigenvalue weighted by atomic mass is 10.1. The molecule has 2 aromatic rings. The molecule has 1 atom stereocenters. The maximum absolute atomic E-state index is 12.2. The highest BCUT2D eigenvalue weighted by Crippen LogP contribution is 2.40. The highest BCUT2D eigenvalue weighted by Gasteiger charge is 2.34. The molecule has 5 heteroatoms. The number of hydrogen-bond donors (Lipinski definition) is 1. The van der Waals surface area contributed by atoms with Crippen molar-refractivity contribution in [1.82, 2.24) is 0 Å². The van der Waals surface area contributed by atoms with Crippen LogP contribution in [0.2, 0.25) is 0 Å². The first-order valence-electron chi connectivity index (χ1n) is 7.30. The maximum Gasteiger partial charge on any atom is 0.343 e. The van der Waals surface area contributed by atoms with Crippen LogP contribution < -0.4 is 0 Å². The number of benzene rings is 1. The first-order valence-corrected chi connectivity index (χ1v) is 7.30. The predicted octanol–water partition coefficient (Wildman–Crippen LogP) is 3.87. The van der Waals surface area contributed by atoms with Crippen LogP contribution in [-0.4, -0.2) is 23.3 Å². The minimum Gasteiger partial charge on any atom is -0.504 e.